The maximum atomic E-state index is 12.1. The van der Waals surface area contributed by atoms with E-state index < -0.39 is 12.1 Å². The Morgan fingerprint density at radius 2 is 1.52 bits per heavy atom. The Morgan fingerprint density at radius 1 is 0.963 bits per heavy atom. The highest BCUT2D eigenvalue weighted by Crippen LogP contribution is 2.21. The van der Waals surface area contributed by atoms with Gasteiger partial charge in [-0.05, 0) is 48.9 Å². The molecular weight excluding hydrogens is 366 g/mol. The van der Waals surface area contributed by atoms with Crippen LogP contribution < -0.4 is 14.8 Å². The summed E-state index contributed by atoms with van der Waals surface area (Å²) in [5, 5.41) is 2.75. The van der Waals surface area contributed by atoms with E-state index in [1.165, 1.54) is 11.8 Å². The third kappa shape index (κ3) is 6.86. The Labute approximate surface area is 163 Å². The van der Waals surface area contributed by atoms with Gasteiger partial charge in [0.15, 0.2) is 6.10 Å². The number of hydrogen-bond donors (Lipinski definition) is 1. The van der Waals surface area contributed by atoms with Gasteiger partial charge in [-0.2, -0.15) is 0 Å². The lowest BCUT2D eigenvalue weighted by Gasteiger charge is -2.13. The summed E-state index contributed by atoms with van der Waals surface area (Å²) in [5.41, 5.74) is 0.928. The monoisotopic (exact) mass is 389 g/mol. The highest BCUT2D eigenvalue weighted by Gasteiger charge is 2.17. The van der Waals surface area contributed by atoms with Crippen LogP contribution in [0.2, 0.25) is 0 Å². The van der Waals surface area contributed by atoms with Crippen LogP contribution >= 0.6 is 11.8 Å². The molecule has 0 fully saturated rings. The number of hydrogen-bond acceptors (Lipinski definition) is 6. The zero-order valence-corrected chi connectivity index (χ0v) is 16.4. The van der Waals surface area contributed by atoms with E-state index >= 15 is 0 Å². The van der Waals surface area contributed by atoms with Crippen molar-refractivity contribution in [2.24, 2.45) is 0 Å². The second kappa shape index (κ2) is 10.5. The van der Waals surface area contributed by atoms with E-state index in [-0.39, 0.29) is 11.7 Å². The number of carbonyl (C=O) groups is 2. The SMILES string of the molecule is COc1ccc(CNC(=O)[C@@H](C)OC(=O)CSc2ccc(OC)cc2)cc1. The molecule has 0 unspecified atom stereocenters. The van der Waals surface area contributed by atoms with E-state index in [0.717, 1.165) is 22.0 Å². The summed E-state index contributed by atoms with van der Waals surface area (Å²) in [5.74, 6) is 0.852. The van der Waals surface area contributed by atoms with Crippen molar-refractivity contribution in [1.29, 1.82) is 0 Å². The molecule has 1 amide bonds. The molecule has 2 aromatic carbocycles. The van der Waals surface area contributed by atoms with Gasteiger partial charge in [0, 0.05) is 11.4 Å². The van der Waals surface area contributed by atoms with Crippen LogP contribution in [0.25, 0.3) is 0 Å². The number of methoxy groups -OCH3 is 2. The van der Waals surface area contributed by atoms with Gasteiger partial charge in [-0.15, -0.1) is 11.8 Å². The second-order valence-corrected chi connectivity index (χ2v) is 6.71. The number of amides is 1. The van der Waals surface area contributed by atoms with Crippen LogP contribution in [-0.4, -0.2) is 38.0 Å². The molecule has 0 aliphatic heterocycles. The fourth-order valence-electron chi connectivity index (χ4n) is 2.18. The molecule has 144 valence electrons. The van der Waals surface area contributed by atoms with Crippen LogP contribution in [0.15, 0.2) is 53.4 Å². The Bertz CT molecular complexity index is 746. The lowest BCUT2D eigenvalue weighted by Crippen LogP contribution is -2.35. The summed E-state index contributed by atoms with van der Waals surface area (Å²) < 4.78 is 15.4. The van der Waals surface area contributed by atoms with Gasteiger partial charge in [0.05, 0.1) is 20.0 Å². The summed E-state index contributed by atoms with van der Waals surface area (Å²) in [6, 6.07) is 14.7. The maximum Gasteiger partial charge on any atom is 0.317 e. The molecule has 0 aromatic heterocycles. The van der Waals surface area contributed by atoms with Crippen LogP contribution in [0.1, 0.15) is 12.5 Å². The van der Waals surface area contributed by atoms with Gasteiger partial charge >= 0.3 is 5.97 Å². The van der Waals surface area contributed by atoms with Crippen LogP contribution in [0, 0.1) is 0 Å². The first-order valence-corrected chi connectivity index (χ1v) is 9.37. The van der Waals surface area contributed by atoms with E-state index in [0.29, 0.717) is 6.54 Å². The topological polar surface area (TPSA) is 73.9 Å². The Balaban J connectivity index is 1.72. The predicted molar refractivity (Wildman–Crippen MR) is 104 cm³/mol. The van der Waals surface area contributed by atoms with Crippen molar-refractivity contribution in [3.8, 4) is 11.5 Å². The van der Waals surface area contributed by atoms with Gasteiger partial charge < -0.3 is 19.5 Å². The van der Waals surface area contributed by atoms with E-state index in [1.54, 1.807) is 21.1 Å². The van der Waals surface area contributed by atoms with Crippen molar-refractivity contribution in [2.75, 3.05) is 20.0 Å². The van der Waals surface area contributed by atoms with Crippen LogP contribution in [0.4, 0.5) is 0 Å². The van der Waals surface area contributed by atoms with Gasteiger partial charge in [0.2, 0.25) is 0 Å². The summed E-state index contributed by atoms with van der Waals surface area (Å²) >= 11 is 1.34. The quantitative estimate of drug-likeness (QED) is 0.525. The zero-order valence-electron chi connectivity index (χ0n) is 15.6. The molecule has 1 atom stereocenters. The van der Waals surface area contributed by atoms with Crippen LogP contribution in [-0.2, 0) is 20.9 Å². The molecule has 0 spiro atoms. The van der Waals surface area contributed by atoms with E-state index in [4.69, 9.17) is 14.2 Å². The number of benzene rings is 2. The van der Waals surface area contributed by atoms with Crippen molar-refractivity contribution in [3.63, 3.8) is 0 Å². The molecule has 0 bridgehead atoms. The molecule has 0 saturated heterocycles. The second-order valence-electron chi connectivity index (χ2n) is 5.66. The highest BCUT2D eigenvalue weighted by atomic mass is 32.2. The van der Waals surface area contributed by atoms with Gasteiger partial charge in [0.25, 0.3) is 5.91 Å². The first-order valence-electron chi connectivity index (χ1n) is 8.39. The smallest absolute Gasteiger partial charge is 0.317 e. The minimum atomic E-state index is -0.854. The molecule has 2 rings (SSSR count). The van der Waals surface area contributed by atoms with Crippen molar-refractivity contribution >= 4 is 23.6 Å². The summed E-state index contributed by atoms with van der Waals surface area (Å²) in [4.78, 5) is 24.9. The Hall–Kier alpha value is -2.67. The summed E-state index contributed by atoms with van der Waals surface area (Å²) in [6.45, 7) is 1.91. The van der Waals surface area contributed by atoms with Gasteiger partial charge in [-0.25, -0.2) is 0 Å². The molecule has 0 saturated carbocycles. The fraction of sp³-hybridized carbons (Fsp3) is 0.300. The normalized spacial score (nSPS) is 11.4. The van der Waals surface area contributed by atoms with E-state index in [2.05, 4.69) is 5.32 Å². The molecular formula is C20H23NO5S. The van der Waals surface area contributed by atoms with Gasteiger partial charge in [0.1, 0.15) is 11.5 Å². The van der Waals surface area contributed by atoms with Crippen molar-refractivity contribution in [2.45, 2.75) is 24.5 Å². The lowest BCUT2D eigenvalue weighted by atomic mass is 10.2. The fourth-order valence-corrected chi connectivity index (χ4v) is 2.86. The van der Waals surface area contributed by atoms with Gasteiger partial charge in [-0.3, -0.25) is 9.59 Å². The standard InChI is InChI=1S/C20H23NO5S/c1-14(20(23)21-12-15-4-6-16(24-2)7-5-15)26-19(22)13-27-18-10-8-17(25-3)9-11-18/h4-11,14H,12-13H2,1-3H3,(H,21,23)/t14-/m1/s1. The van der Waals surface area contributed by atoms with Crippen LogP contribution in [0.3, 0.4) is 0 Å². The largest absolute Gasteiger partial charge is 0.497 e. The number of rotatable bonds is 9. The lowest BCUT2D eigenvalue weighted by molar-refractivity contribution is -0.152. The molecule has 7 heteroatoms. The first kappa shape index (κ1) is 20.6. The van der Waals surface area contributed by atoms with Crippen molar-refractivity contribution < 1.29 is 23.8 Å². The van der Waals surface area contributed by atoms with E-state index in [1.807, 2.05) is 48.5 Å². The Kier molecular flexibility index (Phi) is 8.00. The Morgan fingerprint density at radius 3 is 2.07 bits per heavy atom. The van der Waals surface area contributed by atoms with Crippen molar-refractivity contribution in [1.82, 2.24) is 5.32 Å². The molecule has 6 nitrogen and oxygen atoms in total. The number of nitrogens with one attached hydrogen (secondary N) is 1. The first-order chi connectivity index (χ1) is 13.0. The van der Waals surface area contributed by atoms with Gasteiger partial charge in [-0.1, -0.05) is 12.1 Å². The number of esters is 1. The highest BCUT2D eigenvalue weighted by molar-refractivity contribution is 8.00. The summed E-state index contributed by atoms with van der Waals surface area (Å²) in [7, 11) is 3.19. The minimum Gasteiger partial charge on any atom is -0.497 e. The van der Waals surface area contributed by atoms with Crippen LogP contribution in [0.5, 0.6) is 11.5 Å². The average Bonchev–Trinajstić information content (AvgIpc) is 2.71. The molecule has 27 heavy (non-hydrogen) atoms. The third-order valence-corrected chi connectivity index (χ3v) is 4.70. The molecule has 0 aliphatic carbocycles. The minimum absolute atomic E-state index is 0.127. The third-order valence-electron chi connectivity index (χ3n) is 3.72. The predicted octanol–water partition coefficient (Wildman–Crippen LogP) is 3.04. The molecule has 0 heterocycles. The zero-order chi connectivity index (χ0) is 19.6. The average molecular weight is 389 g/mol. The van der Waals surface area contributed by atoms with Crippen molar-refractivity contribution in [3.05, 3.63) is 54.1 Å². The molecule has 2 aromatic rings. The maximum absolute atomic E-state index is 12.1. The molecule has 1 N–H and O–H groups in total. The molecule has 0 aliphatic rings. The number of thioether (sulfide) groups is 1. The molecule has 0 radical (unpaired) electrons. The number of ether oxygens (including phenoxy) is 3. The summed E-state index contributed by atoms with van der Waals surface area (Å²) in [6.07, 6.45) is -0.854. The van der Waals surface area contributed by atoms with E-state index in [9.17, 15) is 9.59 Å². The number of carbonyl (C=O) groups excluding carboxylic acids is 2.